The third kappa shape index (κ3) is 3.60. The molecule has 2 fully saturated rings. The van der Waals surface area contributed by atoms with Crippen LogP contribution >= 0.6 is 23.3 Å². The van der Waals surface area contributed by atoms with E-state index in [1.165, 1.54) is 23.3 Å². The van der Waals surface area contributed by atoms with E-state index in [2.05, 4.69) is 23.5 Å². The smallest absolute Gasteiger partial charge is 0.256 e. The van der Waals surface area contributed by atoms with Gasteiger partial charge >= 0.3 is 0 Å². The lowest BCUT2D eigenvalue weighted by Crippen LogP contribution is -2.48. The zero-order valence-corrected chi connectivity index (χ0v) is 15.3. The quantitative estimate of drug-likeness (QED) is 0.676. The molecule has 4 N–H and O–H groups in total. The van der Waals surface area contributed by atoms with Gasteiger partial charge in [0.25, 0.3) is 11.8 Å². The van der Waals surface area contributed by atoms with Crippen molar-refractivity contribution in [2.75, 3.05) is 25.1 Å². The molecule has 7 nitrogen and oxygen atoms in total. The molecule has 2 amide bonds. The van der Waals surface area contributed by atoms with E-state index in [-0.39, 0.29) is 11.1 Å². The van der Waals surface area contributed by atoms with Gasteiger partial charge in [-0.1, -0.05) is 0 Å². The van der Waals surface area contributed by atoms with Crippen LogP contribution in [0, 0.1) is 0 Å². The zero-order valence-electron chi connectivity index (χ0n) is 13.6. The molecule has 0 bridgehead atoms. The molecule has 1 aromatic rings. The molecule has 1 aliphatic heterocycles. The fraction of sp³-hybridized carbons (Fsp3) is 0.600. The highest BCUT2D eigenvalue weighted by molar-refractivity contribution is 7.99. The van der Waals surface area contributed by atoms with Crippen LogP contribution in [0.4, 0.5) is 5.00 Å². The van der Waals surface area contributed by atoms with Crippen LogP contribution in [-0.4, -0.2) is 52.1 Å². The molecule has 1 saturated heterocycles. The van der Waals surface area contributed by atoms with Gasteiger partial charge in [0, 0.05) is 12.1 Å². The summed E-state index contributed by atoms with van der Waals surface area (Å²) in [5, 5.41) is 12.9. The number of nitrogens with zero attached hydrogens (tertiary/aromatic N) is 1. The van der Waals surface area contributed by atoms with Gasteiger partial charge in [-0.3, -0.25) is 9.59 Å². The highest BCUT2D eigenvalue weighted by Crippen LogP contribution is 2.41. The highest BCUT2D eigenvalue weighted by Gasteiger charge is 2.48. The molecule has 1 saturated carbocycles. The Morgan fingerprint density at radius 3 is 2.75 bits per heavy atom. The van der Waals surface area contributed by atoms with Crippen molar-refractivity contribution in [1.29, 1.82) is 0 Å². The number of nitrogens with two attached hydrogens (primary N) is 1. The molecule has 2 heterocycles. The number of amides is 2. The molecular formula is C15H21N3O4S2. The van der Waals surface area contributed by atoms with Gasteiger partial charge < -0.3 is 20.9 Å². The topological polar surface area (TPSA) is 105 Å². The fourth-order valence-electron chi connectivity index (χ4n) is 2.38. The van der Waals surface area contributed by atoms with Gasteiger partial charge in [0.05, 0.1) is 23.0 Å². The third-order valence-electron chi connectivity index (χ3n) is 4.12. The predicted molar refractivity (Wildman–Crippen MR) is 93.1 cm³/mol. The standard InChI is InChI=1S/C15H21N3O4S2/c1-14(2)8-22-6-5-18(14)24-10-7-9(11(16)19)12(23-10)17-13(20)15(21)3-4-15/h7,21H,3-6,8H2,1-2H3,(H2,16,19)(H,17,20). The number of carbonyl (C=O) groups is 2. The van der Waals surface area contributed by atoms with E-state index >= 15 is 0 Å². The monoisotopic (exact) mass is 371 g/mol. The second-order valence-corrected chi connectivity index (χ2v) is 9.09. The van der Waals surface area contributed by atoms with Crippen LogP contribution in [0.3, 0.4) is 0 Å². The summed E-state index contributed by atoms with van der Waals surface area (Å²) in [6.07, 6.45) is 0.888. The van der Waals surface area contributed by atoms with Crippen molar-refractivity contribution in [1.82, 2.24) is 4.31 Å². The molecule has 1 aliphatic carbocycles. The number of primary amides is 1. The van der Waals surface area contributed by atoms with Crippen LogP contribution in [0.1, 0.15) is 37.0 Å². The van der Waals surface area contributed by atoms with Crippen molar-refractivity contribution >= 4 is 40.1 Å². The minimum atomic E-state index is -1.29. The molecule has 1 aromatic heterocycles. The summed E-state index contributed by atoms with van der Waals surface area (Å²) in [7, 11) is 0. The molecular weight excluding hydrogens is 350 g/mol. The third-order valence-corrected chi connectivity index (χ3v) is 6.63. The van der Waals surface area contributed by atoms with E-state index in [1.54, 1.807) is 6.07 Å². The van der Waals surface area contributed by atoms with E-state index in [1.807, 2.05) is 0 Å². The number of thiophene rings is 1. The predicted octanol–water partition coefficient (Wildman–Crippen LogP) is 1.43. The molecule has 0 radical (unpaired) electrons. The van der Waals surface area contributed by atoms with Gasteiger partial charge in [-0.05, 0) is 44.7 Å². The molecule has 0 aromatic carbocycles. The normalized spacial score (nSPS) is 22.1. The molecule has 0 spiro atoms. The summed E-state index contributed by atoms with van der Waals surface area (Å²) in [6, 6.07) is 1.69. The summed E-state index contributed by atoms with van der Waals surface area (Å²) in [5.74, 6) is -1.08. The highest BCUT2D eigenvalue weighted by atomic mass is 32.2. The summed E-state index contributed by atoms with van der Waals surface area (Å²) < 4.78 is 8.57. The summed E-state index contributed by atoms with van der Waals surface area (Å²) >= 11 is 2.82. The van der Waals surface area contributed by atoms with Crippen molar-refractivity contribution in [3.8, 4) is 0 Å². The number of ether oxygens (including phenoxy) is 1. The Kier molecular flexibility index (Phi) is 4.65. The summed E-state index contributed by atoms with van der Waals surface area (Å²) in [4.78, 5) is 23.7. The van der Waals surface area contributed by atoms with Crippen LogP contribution in [0.15, 0.2) is 10.3 Å². The van der Waals surface area contributed by atoms with Crippen LogP contribution in [0.2, 0.25) is 0 Å². The first-order valence-electron chi connectivity index (χ1n) is 7.72. The van der Waals surface area contributed by atoms with Crippen LogP contribution < -0.4 is 11.1 Å². The summed E-state index contributed by atoms with van der Waals surface area (Å²) in [6.45, 7) is 6.23. The van der Waals surface area contributed by atoms with Crippen molar-refractivity contribution in [2.24, 2.45) is 5.73 Å². The SMILES string of the molecule is CC1(C)COCCN1Sc1cc(C(N)=O)c(NC(=O)C2(O)CC2)s1. The number of hydrogen-bond donors (Lipinski definition) is 3. The van der Waals surface area contributed by atoms with E-state index < -0.39 is 17.4 Å². The Morgan fingerprint density at radius 1 is 1.46 bits per heavy atom. The first-order valence-corrected chi connectivity index (χ1v) is 9.31. The lowest BCUT2D eigenvalue weighted by atomic mass is 10.1. The number of hydrogen-bond acceptors (Lipinski definition) is 7. The average molecular weight is 371 g/mol. The minimum Gasteiger partial charge on any atom is -0.380 e. The Balaban J connectivity index is 1.78. The average Bonchev–Trinajstić information content (AvgIpc) is 3.12. The largest absolute Gasteiger partial charge is 0.380 e. The Hall–Kier alpha value is -1.13. The zero-order chi connectivity index (χ0) is 17.5. The number of anilines is 1. The van der Waals surface area contributed by atoms with Gasteiger partial charge in [0.1, 0.15) is 10.6 Å². The Bertz CT molecular complexity index is 670. The minimum absolute atomic E-state index is 0.133. The second kappa shape index (κ2) is 6.30. The Labute approximate surface area is 148 Å². The number of carbonyl (C=O) groups excluding carboxylic acids is 2. The van der Waals surface area contributed by atoms with E-state index in [0.29, 0.717) is 31.1 Å². The second-order valence-electron chi connectivity index (χ2n) is 6.72. The van der Waals surface area contributed by atoms with Crippen LogP contribution in [0.25, 0.3) is 0 Å². The van der Waals surface area contributed by atoms with Crippen molar-refractivity contribution < 1.29 is 19.4 Å². The van der Waals surface area contributed by atoms with Crippen molar-refractivity contribution in [3.05, 3.63) is 11.6 Å². The molecule has 0 unspecified atom stereocenters. The van der Waals surface area contributed by atoms with Crippen molar-refractivity contribution in [2.45, 2.75) is 42.0 Å². The maximum atomic E-state index is 12.0. The lowest BCUT2D eigenvalue weighted by molar-refractivity contribution is -0.125. The first-order chi connectivity index (χ1) is 11.2. The number of aliphatic hydroxyl groups is 1. The molecule has 3 rings (SSSR count). The van der Waals surface area contributed by atoms with Gasteiger partial charge in [-0.25, -0.2) is 4.31 Å². The van der Waals surface area contributed by atoms with Gasteiger partial charge in [0.15, 0.2) is 0 Å². The molecule has 2 aliphatic rings. The molecule has 0 atom stereocenters. The maximum Gasteiger partial charge on any atom is 0.256 e. The molecule has 132 valence electrons. The fourth-order valence-corrected chi connectivity index (χ4v) is 4.69. The van der Waals surface area contributed by atoms with E-state index in [0.717, 1.165) is 10.8 Å². The van der Waals surface area contributed by atoms with Gasteiger partial charge in [0.2, 0.25) is 0 Å². The maximum absolute atomic E-state index is 12.0. The van der Waals surface area contributed by atoms with Crippen molar-refractivity contribution in [3.63, 3.8) is 0 Å². The molecule has 9 heteroatoms. The number of morpholine rings is 1. The van der Waals surface area contributed by atoms with E-state index in [9.17, 15) is 14.7 Å². The van der Waals surface area contributed by atoms with Crippen LogP contribution in [-0.2, 0) is 9.53 Å². The van der Waals surface area contributed by atoms with Gasteiger partial charge in [-0.15, -0.1) is 11.3 Å². The van der Waals surface area contributed by atoms with Gasteiger partial charge in [-0.2, -0.15) is 0 Å². The first kappa shape index (κ1) is 17.7. The number of rotatable bonds is 5. The molecule has 24 heavy (non-hydrogen) atoms. The van der Waals surface area contributed by atoms with E-state index in [4.69, 9.17) is 10.5 Å². The number of nitrogens with one attached hydrogen (secondary N) is 1. The Morgan fingerprint density at radius 2 is 2.17 bits per heavy atom. The van der Waals surface area contributed by atoms with Crippen LogP contribution in [0.5, 0.6) is 0 Å². The summed E-state index contributed by atoms with van der Waals surface area (Å²) in [5.41, 5.74) is 4.27. The lowest BCUT2D eigenvalue weighted by Gasteiger charge is -2.40.